The van der Waals surface area contributed by atoms with Gasteiger partial charge in [-0.15, -0.1) is 0 Å². The quantitative estimate of drug-likeness (QED) is 0.778. The minimum absolute atomic E-state index is 0.0540. The van der Waals surface area contributed by atoms with E-state index in [1.165, 1.54) is 6.92 Å². The van der Waals surface area contributed by atoms with Crippen molar-refractivity contribution in [2.75, 3.05) is 0 Å². The first-order chi connectivity index (χ1) is 7.41. The Morgan fingerprint density at radius 2 is 1.88 bits per heavy atom. The Balaban J connectivity index is 2.72. The largest absolute Gasteiger partial charge is 0.480 e. The first kappa shape index (κ1) is 12.5. The van der Waals surface area contributed by atoms with Crippen molar-refractivity contribution >= 4 is 5.97 Å². The minimum atomic E-state index is -1.53. The standard InChI is InChI=1S/C10H10F3NO2/c1-5(10(15)16)14-4-6-2-7(11)9(13)8(12)3-6/h2-3,5,14H,4H2,1H3,(H,15,16). The third-order valence-electron chi connectivity index (χ3n) is 2.03. The maximum absolute atomic E-state index is 12.8. The van der Waals surface area contributed by atoms with Gasteiger partial charge in [-0.05, 0) is 24.6 Å². The van der Waals surface area contributed by atoms with Crippen molar-refractivity contribution in [3.8, 4) is 0 Å². The molecule has 0 bridgehead atoms. The molecule has 6 heteroatoms. The van der Waals surface area contributed by atoms with Crippen molar-refractivity contribution in [2.45, 2.75) is 19.5 Å². The summed E-state index contributed by atoms with van der Waals surface area (Å²) in [5.74, 6) is -5.20. The van der Waals surface area contributed by atoms with E-state index in [2.05, 4.69) is 5.32 Å². The van der Waals surface area contributed by atoms with Crippen LogP contribution in [0.5, 0.6) is 0 Å². The SMILES string of the molecule is CC(NCc1cc(F)c(F)c(F)c1)C(=O)O. The summed E-state index contributed by atoms with van der Waals surface area (Å²) in [7, 11) is 0. The van der Waals surface area contributed by atoms with Crippen LogP contribution in [0, 0.1) is 17.5 Å². The molecule has 1 aromatic carbocycles. The van der Waals surface area contributed by atoms with Gasteiger partial charge in [0.2, 0.25) is 0 Å². The van der Waals surface area contributed by atoms with Gasteiger partial charge in [-0.3, -0.25) is 4.79 Å². The van der Waals surface area contributed by atoms with Crippen molar-refractivity contribution in [1.29, 1.82) is 0 Å². The predicted molar refractivity (Wildman–Crippen MR) is 50.3 cm³/mol. The van der Waals surface area contributed by atoms with E-state index in [4.69, 9.17) is 5.11 Å². The van der Waals surface area contributed by atoms with Crippen LogP contribution < -0.4 is 5.32 Å². The lowest BCUT2D eigenvalue weighted by atomic mass is 10.2. The highest BCUT2D eigenvalue weighted by Gasteiger charge is 2.13. The Bertz CT molecular complexity index is 386. The molecule has 1 aromatic rings. The van der Waals surface area contributed by atoms with E-state index in [0.717, 1.165) is 12.1 Å². The number of carboxylic acid groups (broad SMARTS) is 1. The second-order valence-electron chi connectivity index (χ2n) is 3.31. The third-order valence-corrected chi connectivity index (χ3v) is 2.03. The van der Waals surface area contributed by atoms with Crippen LogP contribution in [0.2, 0.25) is 0 Å². The van der Waals surface area contributed by atoms with E-state index in [-0.39, 0.29) is 12.1 Å². The second-order valence-corrected chi connectivity index (χ2v) is 3.31. The fourth-order valence-corrected chi connectivity index (χ4v) is 1.07. The summed E-state index contributed by atoms with van der Waals surface area (Å²) in [6.45, 7) is 1.33. The van der Waals surface area contributed by atoms with Gasteiger partial charge in [-0.25, -0.2) is 13.2 Å². The molecule has 1 unspecified atom stereocenters. The first-order valence-corrected chi connectivity index (χ1v) is 4.51. The molecule has 1 rings (SSSR count). The maximum atomic E-state index is 12.8. The highest BCUT2D eigenvalue weighted by atomic mass is 19.2. The minimum Gasteiger partial charge on any atom is -0.480 e. The zero-order chi connectivity index (χ0) is 12.3. The molecule has 3 nitrogen and oxygen atoms in total. The van der Waals surface area contributed by atoms with Crippen LogP contribution in [0.1, 0.15) is 12.5 Å². The number of hydrogen-bond donors (Lipinski definition) is 2. The molecule has 0 aliphatic rings. The van der Waals surface area contributed by atoms with Gasteiger partial charge < -0.3 is 10.4 Å². The molecule has 16 heavy (non-hydrogen) atoms. The van der Waals surface area contributed by atoms with Crippen molar-refractivity contribution in [2.24, 2.45) is 0 Å². The van der Waals surface area contributed by atoms with E-state index in [1.54, 1.807) is 0 Å². The lowest BCUT2D eigenvalue weighted by Crippen LogP contribution is -2.33. The van der Waals surface area contributed by atoms with E-state index >= 15 is 0 Å². The topological polar surface area (TPSA) is 49.3 Å². The summed E-state index contributed by atoms with van der Waals surface area (Å²) in [6.07, 6.45) is 0. The number of carbonyl (C=O) groups is 1. The molecule has 1 atom stereocenters. The molecule has 0 aromatic heterocycles. The molecule has 0 aliphatic carbocycles. The number of hydrogen-bond acceptors (Lipinski definition) is 2. The van der Waals surface area contributed by atoms with Crippen LogP contribution in [0.25, 0.3) is 0 Å². The Labute approximate surface area is 89.9 Å². The molecule has 2 N–H and O–H groups in total. The van der Waals surface area contributed by atoms with E-state index < -0.39 is 29.5 Å². The predicted octanol–water partition coefficient (Wildman–Crippen LogP) is 1.67. The summed E-state index contributed by atoms with van der Waals surface area (Å²) in [6, 6.07) is 0.788. The summed E-state index contributed by atoms with van der Waals surface area (Å²) < 4.78 is 38.1. The van der Waals surface area contributed by atoms with Crippen LogP contribution >= 0.6 is 0 Å². The summed E-state index contributed by atoms with van der Waals surface area (Å²) in [5, 5.41) is 11.1. The second kappa shape index (κ2) is 4.98. The van der Waals surface area contributed by atoms with Gasteiger partial charge >= 0.3 is 5.97 Å². The van der Waals surface area contributed by atoms with Gasteiger partial charge in [-0.2, -0.15) is 0 Å². The third kappa shape index (κ3) is 2.96. The van der Waals surface area contributed by atoms with Gasteiger partial charge in [0, 0.05) is 6.54 Å². The van der Waals surface area contributed by atoms with Gasteiger partial charge in [0.05, 0.1) is 0 Å². The lowest BCUT2D eigenvalue weighted by Gasteiger charge is -2.09. The van der Waals surface area contributed by atoms with Crippen molar-refractivity contribution in [1.82, 2.24) is 5.32 Å². The Kier molecular flexibility index (Phi) is 3.89. The molecule has 0 aliphatic heterocycles. The zero-order valence-electron chi connectivity index (χ0n) is 8.43. The molecule has 0 saturated heterocycles. The smallest absolute Gasteiger partial charge is 0.320 e. The molecule has 0 heterocycles. The molecule has 0 spiro atoms. The van der Waals surface area contributed by atoms with Gasteiger partial charge in [0.1, 0.15) is 6.04 Å². The van der Waals surface area contributed by atoms with Gasteiger partial charge in [0.15, 0.2) is 17.5 Å². The number of halogens is 3. The number of benzene rings is 1. The number of aliphatic carboxylic acids is 1. The van der Waals surface area contributed by atoms with E-state index in [9.17, 15) is 18.0 Å². The highest BCUT2D eigenvalue weighted by molar-refractivity contribution is 5.72. The van der Waals surface area contributed by atoms with E-state index in [1.807, 2.05) is 0 Å². The normalized spacial score (nSPS) is 12.5. The monoisotopic (exact) mass is 233 g/mol. The molecular formula is C10H10F3NO2. The van der Waals surface area contributed by atoms with Crippen LogP contribution in [-0.4, -0.2) is 17.1 Å². The molecule has 0 radical (unpaired) electrons. The zero-order valence-corrected chi connectivity index (χ0v) is 8.43. The fourth-order valence-electron chi connectivity index (χ4n) is 1.07. The average molecular weight is 233 g/mol. The Morgan fingerprint density at radius 3 is 2.31 bits per heavy atom. The summed E-state index contributed by atoms with van der Waals surface area (Å²) in [5.41, 5.74) is 0.143. The maximum Gasteiger partial charge on any atom is 0.320 e. The van der Waals surface area contributed by atoms with Gasteiger partial charge in [-0.1, -0.05) is 0 Å². The molecule has 88 valence electrons. The van der Waals surface area contributed by atoms with Crippen molar-refractivity contribution < 1.29 is 23.1 Å². The number of nitrogens with one attached hydrogen (secondary N) is 1. The fraction of sp³-hybridized carbons (Fsp3) is 0.300. The first-order valence-electron chi connectivity index (χ1n) is 4.51. The van der Waals surface area contributed by atoms with Crippen LogP contribution in [-0.2, 0) is 11.3 Å². The molecule has 0 amide bonds. The van der Waals surface area contributed by atoms with Crippen LogP contribution in [0.4, 0.5) is 13.2 Å². The number of rotatable bonds is 4. The molecule has 0 saturated carbocycles. The van der Waals surface area contributed by atoms with Crippen molar-refractivity contribution in [3.05, 3.63) is 35.1 Å². The molecular weight excluding hydrogens is 223 g/mol. The highest BCUT2D eigenvalue weighted by Crippen LogP contribution is 2.13. The van der Waals surface area contributed by atoms with E-state index in [0.29, 0.717) is 0 Å². The van der Waals surface area contributed by atoms with Crippen LogP contribution in [0.3, 0.4) is 0 Å². The Hall–Kier alpha value is -1.56. The summed E-state index contributed by atoms with van der Waals surface area (Å²) in [4.78, 5) is 10.4. The molecule has 0 fully saturated rings. The van der Waals surface area contributed by atoms with Gasteiger partial charge in [0.25, 0.3) is 0 Å². The Morgan fingerprint density at radius 1 is 1.38 bits per heavy atom. The van der Waals surface area contributed by atoms with Crippen LogP contribution in [0.15, 0.2) is 12.1 Å². The summed E-state index contributed by atoms with van der Waals surface area (Å²) >= 11 is 0. The lowest BCUT2D eigenvalue weighted by molar-refractivity contribution is -0.139. The van der Waals surface area contributed by atoms with Crippen molar-refractivity contribution in [3.63, 3.8) is 0 Å². The average Bonchev–Trinajstić information content (AvgIpc) is 2.22. The number of carboxylic acids is 1.